The van der Waals surface area contributed by atoms with Crippen LogP contribution in [0.1, 0.15) is 21.5 Å². The Morgan fingerprint density at radius 3 is 2.53 bits per heavy atom. The molecule has 8 nitrogen and oxygen atoms in total. The van der Waals surface area contributed by atoms with Crippen molar-refractivity contribution in [3.63, 3.8) is 0 Å². The topological polar surface area (TPSA) is 115 Å². The molecule has 0 atom stereocenters. The first kappa shape index (κ1) is 24.3. The molecule has 36 heavy (non-hydrogen) atoms. The minimum Gasteiger partial charge on any atom is -0.438 e. The first-order valence-corrected chi connectivity index (χ1v) is 10.5. The molecule has 0 saturated heterocycles. The summed E-state index contributed by atoms with van der Waals surface area (Å²) in [6.07, 6.45) is 0.0975. The summed E-state index contributed by atoms with van der Waals surface area (Å²) in [5.41, 5.74) is 6.43. The van der Waals surface area contributed by atoms with E-state index in [-0.39, 0.29) is 28.7 Å². The van der Waals surface area contributed by atoms with E-state index in [4.69, 9.17) is 10.5 Å². The summed E-state index contributed by atoms with van der Waals surface area (Å²) in [6, 6.07) is 13.9. The maximum atomic E-state index is 13.0. The lowest BCUT2D eigenvalue weighted by molar-refractivity contribution is -0.137. The van der Waals surface area contributed by atoms with Gasteiger partial charge in [0, 0.05) is 42.5 Å². The van der Waals surface area contributed by atoms with Crippen LogP contribution in [0, 0.1) is 0 Å². The zero-order chi connectivity index (χ0) is 25.7. The fourth-order valence-corrected chi connectivity index (χ4v) is 3.21. The van der Waals surface area contributed by atoms with Crippen molar-refractivity contribution < 1.29 is 22.7 Å². The number of nitrogens with zero attached hydrogens (tertiary/aromatic N) is 4. The molecule has 0 spiro atoms. The summed E-state index contributed by atoms with van der Waals surface area (Å²) in [4.78, 5) is 29.4. The number of carbonyl (C=O) groups is 1. The van der Waals surface area contributed by atoms with Crippen LogP contribution in [0.3, 0.4) is 0 Å². The SMILES string of the molecule is CN=Cc1c(N)nc(-c2ccncc2)nc1Oc1cccc(C(=O)Nc2cccc(C(F)(F)F)c2)c1. The standard InChI is InChI=1S/C25H19F3N6O2/c1-30-14-20-21(29)33-22(15-8-10-31-11-9-15)34-24(20)36-19-7-2-4-16(12-19)23(35)32-18-6-3-5-17(13-18)25(26,27)28/h2-14H,1H3,(H,32,35)(H2,29,33,34). The van der Waals surface area contributed by atoms with Crippen molar-refractivity contribution in [1.82, 2.24) is 15.0 Å². The molecule has 0 unspecified atom stereocenters. The summed E-state index contributed by atoms with van der Waals surface area (Å²) in [5, 5.41) is 2.47. The number of aliphatic imine (C=N–C) groups is 1. The molecule has 11 heteroatoms. The van der Waals surface area contributed by atoms with E-state index in [1.54, 1.807) is 43.7 Å². The van der Waals surface area contributed by atoms with Crippen molar-refractivity contribution >= 4 is 23.6 Å². The number of benzene rings is 2. The van der Waals surface area contributed by atoms with Crippen LogP contribution in [0.2, 0.25) is 0 Å². The smallest absolute Gasteiger partial charge is 0.416 e. The first-order valence-electron chi connectivity index (χ1n) is 10.5. The Kier molecular flexibility index (Phi) is 6.91. The average molecular weight is 492 g/mol. The zero-order valence-electron chi connectivity index (χ0n) is 18.8. The maximum absolute atomic E-state index is 13.0. The van der Waals surface area contributed by atoms with Crippen molar-refractivity contribution in [2.24, 2.45) is 4.99 Å². The highest BCUT2D eigenvalue weighted by molar-refractivity contribution is 6.04. The molecule has 0 fully saturated rings. The summed E-state index contributed by atoms with van der Waals surface area (Å²) < 4.78 is 44.9. The molecule has 4 rings (SSSR count). The minimum absolute atomic E-state index is 0.00755. The molecule has 3 N–H and O–H groups in total. The molecule has 1 amide bonds. The number of halogens is 3. The Bertz CT molecular complexity index is 1430. The van der Waals surface area contributed by atoms with E-state index in [9.17, 15) is 18.0 Å². The van der Waals surface area contributed by atoms with E-state index in [2.05, 4.69) is 25.3 Å². The molecule has 0 aliphatic heterocycles. The van der Waals surface area contributed by atoms with Gasteiger partial charge in [0.05, 0.1) is 11.1 Å². The van der Waals surface area contributed by atoms with Gasteiger partial charge in [-0.1, -0.05) is 12.1 Å². The lowest BCUT2D eigenvalue weighted by Gasteiger charge is -2.13. The number of hydrogen-bond donors (Lipinski definition) is 2. The average Bonchev–Trinajstić information content (AvgIpc) is 2.86. The van der Waals surface area contributed by atoms with Crippen molar-refractivity contribution in [1.29, 1.82) is 0 Å². The Morgan fingerprint density at radius 2 is 1.81 bits per heavy atom. The Labute approximate surface area is 203 Å². The molecule has 0 bridgehead atoms. The minimum atomic E-state index is -4.53. The summed E-state index contributed by atoms with van der Waals surface area (Å²) in [7, 11) is 1.55. The third-order valence-electron chi connectivity index (χ3n) is 4.90. The molecule has 2 heterocycles. The Morgan fingerprint density at radius 1 is 1.06 bits per heavy atom. The fourth-order valence-electron chi connectivity index (χ4n) is 3.21. The second-order valence-electron chi connectivity index (χ2n) is 7.44. The van der Waals surface area contributed by atoms with Gasteiger partial charge in [0.2, 0.25) is 5.88 Å². The number of nitrogens with two attached hydrogens (primary N) is 1. The third-order valence-corrected chi connectivity index (χ3v) is 4.90. The highest BCUT2D eigenvalue weighted by Gasteiger charge is 2.30. The zero-order valence-corrected chi connectivity index (χ0v) is 18.8. The van der Waals surface area contributed by atoms with Gasteiger partial charge in [0.1, 0.15) is 11.6 Å². The maximum Gasteiger partial charge on any atom is 0.416 e. The molecule has 0 saturated carbocycles. The molecule has 2 aromatic heterocycles. The van der Waals surface area contributed by atoms with Crippen LogP contribution in [0.4, 0.5) is 24.7 Å². The summed E-state index contributed by atoms with van der Waals surface area (Å²) in [6.45, 7) is 0. The van der Waals surface area contributed by atoms with Gasteiger partial charge in [-0.25, -0.2) is 4.98 Å². The van der Waals surface area contributed by atoms with Crippen LogP contribution in [0.25, 0.3) is 11.4 Å². The number of carbonyl (C=O) groups excluding carboxylic acids is 1. The largest absolute Gasteiger partial charge is 0.438 e. The van der Waals surface area contributed by atoms with Crippen LogP contribution in [-0.4, -0.2) is 34.1 Å². The van der Waals surface area contributed by atoms with Crippen LogP contribution < -0.4 is 15.8 Å². The molecule has 0 aliphatic carbocycles. The lowest BCUT2D eigenvalue weighted by Crippen LogP contribution is -2.13. The number of pyridine rings is 1. The van der Waals surface area contributed by atoms with Crippen molar-refractivity contribution in [2.75, 3.05) is 18.1 Å². The number of ether oxygens (including phenoxy) is 1. The lowest BCUT2D eigenvalue weighted by atomic mass is 10.1. The van der Waals surface area contributed by atoms with Crippen LogP contribution in [0.15, 0.2) is 78.0 Å². The third kappa shape index (κ3) is 5.63. The van der Waals surface area contributed by atoms with Crippen molar-refractivity contribution in [3.05, 3.63) is 89.7 Å². The number of anilines is 2. The normalized spacial score (nSPS) is 11.4. The number of aromatic nitrogens is 3. The number of rotatable bonds is 6. The highest BCUT2D eigenvalue weighted by atomic mass is 19.4. The van der Waals surface area contributed by atoms with Crippen LogP contribution >= 0.6 is 0 Å². The van der Waals surface area contributed by atoms with Crippen LogP contribution in [-0.2, 0) is 6.18 Å². The first-order chi connectivity index (χ1) is 17.2. The number of amides is 1. The van der Waals surface area contributed by atoms with E-state index >= 15 is 0 Å². The van der Waals surface area contributed by atoms with Gasteiger partial charge in [-0.3, -0.25) is 14.8 Å². The van der Waals surface area contributed by atoms with Crippen molar-refractivity contribution in [2.45, 2.75) is 6.18 Å². The summed E-state index contributed by atoms with van der Waals surface area (Å²) in [5.74, 6) is 0.175. The second kappa shape index (κ2) is 10.2. The van der Waals surface area contributed by atoms with Crippen LogP contribution in [0.5, 0.6) is 11.6 Å². The number of nitrogens with one attached hydrogen (secondary N) is 1. The second-order valence-corrected chi connectivity index (χ2v) is 7.44. The van der Waals surface area contributed by atoms with Crippen molar-refractivity contribution in [3.8, 4) is 23.0 Å². The van der Waals surface area contributed by atoms with E-state index < -0.39 is 17.6 Å². The molecule has 0 radical (unpaired) electrons. The molecule has 182 valence electrons. The van der Waals surface area contributed by atoms with E-state index in [1.807, 2.05) is 0 Å². The van der Waals surface area contributed by atoms with E-state index in [0.29, 0.717) is 17.0 Å². The number of alkyl halides is 3. The Balaban J connectivity index is 1.62. The predicted octanol–water partition coefficient (Wildman–Crippen LogP) is 5.23. The number of hydrogen-bond acceptors (Lipinski definition) is 7. The molecular weight excluding hydrogens is 473 g/mol. The summed E-state index contributed by atoms with van der Waals surface area (Å²) >= 11 is 0. The van der Waals surface area contributed by atoms with Gasteiger partial charge in [-0.15, -0.1) is 0 Å². The van der Waals surface area contributed by atoms with Gasteiger partial charge < -0.3 is 15.8 Å². The van der Waals surface area contributed by atoms with Gasteiger partial charge in [-0.05, 0) is 48.5 Å². The predicted molar refractivity (Wildman–Crippen MR) is 129 cm³/mol. The molecule has 4 aromatic rings. The monoisotopic (exact) mass is 492 g/mol. The van der Waals surface area contributed by atoms with E-state index in [1.165, 1.54) is 30.5 Å². The molecule has 2 aromatic carbocycles. The van der Waals surface area contributed by atoms with E-state index in [0.717, 1.165) is 12.1 Å². The van der Waals surface area contributed by atoms with Gasteiger partial charge in [0.25, 0.3) is 5.91 Å². The van der Waals surface area contributed by atoms with Gasteiger partial charge in [0.15, 0.2) is 5.82 Å². The fraction of sp³-hybridized carbons (Fsp3) is 0.0800. The number of nitrogen functional groups attached to an aromatic ring is 1. The van der Waals surface area contributed by atoms with Gasteiger partial charge >= 0.3 is 6.18 Å². The van der Waals surface area contributed by atoms with Gasteiger partial charge in [-0.2, -0.15) is 18.2 Å². The highest BCUT2D eigenvalue weighted by Crippen LogP contribution is 2.31. The quantitative estimate of drug-likeness (QED) is 0.356. The Hall–Kier alpha value is -4.80. The molecule has 0 aliphatic rings. The molecular formula is C25H19F3N6O2.